The van der Waals surface area contributed by atoms with Gasteiger partial charge in [-0.2, -0.15) is 0 Å². The van der Waals surface area contributed by atoms with Gasteiger partial charge < -0.3 is 14.7 Å². The lowest BCUT2D eigenvalue weighted by Crippen LogP contribution is -2.48. The van der Waals surface area contributed by atoms with Crippen molar-refractivity contribution in [2.75, 3.05) is 59.6 Å². The van der Waals surface area contributed by atoms with Gasteiger partial charge in [-0.05, 0) is 30.5 Å². The molecular weight excluding hydrogens is 358 g/mol. The first kappa shape index (κ1) is 20.5. The molecule has 7 nitrogen and oxygen atoms in total. The Morgan fingerprint density at radius 3 is 2.32 bits per heavy atom. The summed E-state index contributed by atoms with van der Waals surface area (Å²) in [5.74, 6) is -0.496. The average Bonchev–Trinajstić information content (AvgIpc) is 2.93. The van der Waals surface area contributed by atoms with Crippen LogP contribution in [0.1, 0.15) is 16.7 Å². The number of aliphatic hydroxyl groups is 1. The van der Waals surface area contributed by atoms with Crippen LogP contribution in [0.2, 0.25) is 0 Å². The molecule has 2 aliphatic rings. The Morgan fingerprint density at radius 1 is 1.00 bits per heavy atom. The molecule has 28 heavy (non-hydrogen) atoms. The zero-order valence-corrected chi connectivity index (χ0v) is 16.9. The van der Waals surface area contributed by atoms with Crippen LogP contribution in [0.15, 0.2) is 23.9 Å². The Balaban J connectivity index is 1.96. The molecule has 2 amide bonds. The minimum atomic E-state index is -0.252. The van der Waals surface area contributed by atoms with E-state index in [4.69, 9.17) is 9.84 Å². The number of rotatable bonds is 7. The van der Waals surface area contributed by atoms with Crippen molar-refractivity contribution in [1.29, 1.82) is 0 Å². The van der Waals surface area contributed by atoms with Gasteiger partial charge in [0.2, 0.25) is 0 Å². The Labute approximate surface area is 166 Å². The fourth-order valence-electron chi connectivity index (χ4n) is 3.74. The number of carbonyl (C=O) groups excluding carboxylic acids is 2. The molecule has 1 N–H and O–H groups in total. The number of ether oxygens (including phenoxy) is 1. The summed E-state index contributed by atoms with van der Waals surface area (Å²) in [5.41, 5.74) is 4.01. The predicted molar refractivity (Wildman–Crippen MR) is 107 cm³/mol. The van der Waals surface area contributed by atoms with Crippen molar-refractivity contribution in [2.24, 2.45) is 0 Å². The average molecular weight is 387 g/mol. The lowest BCUT2D eigenvalue weighted by molar-refractivity contribution is -0.138. The zero-order chi connectivity index (χ0) is 20.3. The fraction of sp³-hybridized carbons (Fsp3) is 0.524. The summed E-state index contributed by atoms with van der Waals surface area (Å²) >= 11 is 0. The molecule has 1 aromatic carbocycles. The van der Waals surface area contributed by atoms with Crippen LogP contribution in [0, 0.1) is 13.8 Å². The number of aryl methyl sites for hydroxylation is 2. The number of hydrogen-bond donors (Lipinski definition) is 1. The van der Waals surface area contributed by atoms with Crippen LogP contribution in [0.25, 0.3) is 5.57 Å². The van der Waals surface area contributed by atoms with Crippen molar-refractivity contribution in [1.82, 2.24) is 14.7 Å². The van der Waals surface area contributed by atoms with E-state index in [0.29, 0.717) is 37.5 Å². The highest BCUT2D eigenvalue weighted by molar-refractivity contribution is 6.35. The molecule has 1 fully saturated rings. The molecule has 0 radical (unpaired) electrons. The molecule has 2 aliphatic heterocycles. The van der Waals surface area contributed by atoms with E-state index in [1.165, 1.54) is 4.90 Å². The number of benzene rings is 1. The minimum absolute atomic E-state index is 0.124. The topological polar surface area (TPSA) is 73.3 Å². The van der Waals surface area contributed by atoms with Crippen LogP contribution in [-0.2, 0) is 14.3 Å². The van der Waals surface area contributed by atoms with Gasteiger partial charge in [0.1, 0.15) is 5.70 Å². The number of nitrogens with zero attached hydrogens (tertiary/aromatic N) is 3. The van der Waals surface area contributed by atoms with Crippen LogP contribution >= 0.6 is 0 Å². The van der Waals surface area contributed by atoms with Crippen molar-refractivity contribution in [3.63, 3.8) is 0 Å². The van der Waals surface area contributed by atoms with Crippen LogP contribution in [0.5, 0.6) is 0 Å². The molecule has 1 aromatic rings. The van der Waals surface area contributed by atoms with Crippen molar-refractivity contribution in [3.05, 3.63) is 40.6 Å². The van der Waals surface area contributed by atoms with Gasteiger partial charge in [0.25, 0.3) is 11.8 Å². The third-order valence-electron chi connectivity index (χ3n) is 5.56. The molecular formula is C21H29N3O4. The van der Waals surface area contributed by atoms with Crippen molar-refractivity contribution >= 4 is 17.4 Å². The number of β-amino-alcohol motifs (C(OH)–C–C–N with tert-alkyl or cyclic N) is 1. The highest BCUT2D eigenvalue weighted by Crippen LogP contribution is 2.32. The molecule has 1 saturated heterocycles. The molecule has 2 heterocycles. The van der Waals surface area contributed by atoms with Gasteiger partial charge in [-0.3, -0.25) is 19.4 Å². The maximum absolute atomic E-state index is 13.2. The van der Waals surface area contributed by atoms with E-state index in [-0.39, 0.29) is 25.0 Å². The van der Waals surface area contributed by atoms with Gasteiger partial charge in [0.05, 0.1) is 25.3 Å². The van der Waals surface area contributed by atoms with Gasteiger partial charge >= 0.3 is 0 Å². The monoisotopic (exact) mass is 387 g/mol. The molecule has 3 rings (SSSR count). The van der Waals surface area contributed by atoms with Crippen LogP contribution in [0.3, 0.4) is 0 Å². The third kappa shape index (κ3) is 3.97. The molecule has 7 heteroatoms. The van der Waals surface area contributed by atoms with E-state index >= 15 is 0 Å². The predicted octanol–water partition coefficient (Wildman–Crippen LogP) is 0.640. The second-order valence-electron chi connectivity index (χ2n) is 7.33. The number of carbonyl (C=O) groups is 2. The van der Waals surface area contributed by atoms with E-state index in [2.05, 4.69) is 4.90 Å². The Hall–Kier alpha value is -2.22. The van der Waals surface area contributed by atoms with Crippen LogP contribution in [0.4, 0.5) is 0 Å². The largest absolute Gasteiger partial charge is 0.395 e. The maximum Gasteiger partial charge on any atom is 0.277 e. The molecule has 0 saturated carbocycles. The van der Waals surface area contributed by atoms with Crippen molar-refractivity contribution in [3.8, 4) is 0 Å². The van der Waals surface area contributed by atoms with Crippen LogP contribution in [-0.4, -0.2) is 91.2 Å². The third-order valence-corrected chi connectivity index (χ3v) is 5.56. The first-order chi connectivity index (χ1) is 13.5. The second-order valence-corrected chi connectivity index (χ2v) is 7.33. The normalized spacial score (nSPS) is 18.6. The summed E-state index contributed by atoms with van der Waals surface area (Å²) in [6, 6.07) is 5.90. The standard InChI is InChI=1S/C21H29N3O4/c1-15-4-5-17(14-16(15)2)18-19(21(27)24(20(18)26)11-13-28-3)23-8-6-22(7-9-23)10-12-25/h4-5,14,25H,6-13H2,1-3H3. The SMILES string of the molecule is COCCN1C(=O)C(c2ccc(C)c(C)c2)=C(N2CCN(CCO)CC2)C1=O. The number of piperazine rings is 1. The highest BCUT2D eigenvalue weighted by atomic mass is 16.5. The van der Waals surface area contributed by atoms with E-state index in [9.17, 15) is 9.59 Å². The molecule has 0 aromatic heterocycles. The summed E-state index contributed by atoms with van der Waals surface area (Å²) in [6.07, 6.45) is 0. The first-order valence-electron chi connectivity index (χ1n) is 9.73. The van der Waals surface area contributed by atoms with Gasteiger partial charge in [-0.15, -0.1) is 0 Å². The van der Waals surface area contributed by atoms with Crippen LogP contribution < -0.4 is 0 Å². The summed E-state index contributed by atoms with van der Waals surface area (Å²) < 4.78 is 5.09. The van der Waals surface area contributed by atoms with E-state index in [1.54, 1.807) is 7.11 Å². The summed E-state index contributed by atoms with van der Waals surface area (Å²) in [7, 11) is 1.56. The molecule has 0 unspecified atom stereocenters. The molecule has 0 aliphatic carbocycles. The summed E-state index contributed by atoms with van der Waals surface area (Å²) in [5, 5.41) is 9.15. The first-order valence-corrected chi connectivity index (χ1v) is 9.73. The number of aliphatic hydroxyl groups excluding tert-OH is 1. The van der Waals surface area contributed by atoms with Crippen molar-refractivity contribution in [2.45, 2.75) is 13.8 Å². The summed E-state index contributed by atoms with van der Waals surface area (Å²) in [6.45, 7) is 8.17. The molecule has 0 spiro atoms. The van der Waals surface area contributed by atoms with E-state index in [1.807, 2.05) is 36.9 Å². The highest BCUT2D eigenvalue weighted by Gasteiger charge is 2.41. The molecule has 0 bridgehead atoms. The molecule has 152 valence electrons. The summed E-state index contributed by atoms with van der Waals surface area (Å²) in [4.78, 5) is 31.8. The van der Waals surface area contributed by atoms with Gasteiger partial charge in [-0.1, -0.05) is 18.2 Å². The lowest BCUT2D eigenvalue weighted by atomic mass is 9.99. The van der Waals surface area contributed by atoms with Gasteiger partial charge in [0, 0.05) is 39.8 Å². The minimum Gasteiger partial charge on any atom is -0.395 e. The quantitative estimate of drug-likeness (QED) is 0.693. The van der Waals surface area contributed by atoms with E-state index in [0.717, 1.165) is 29.8 Å². The van der Waals surface area contributed by atoms with Gasteiger partial charge in [-0.25, -0.2) is 0 Å². The number of methoxy groups -OCH3 is 1. The Bertz CT molecular complexity index is 782. The number of imide groups is 1. The number of amides is 2. The molecule has 0 atom stereocenters. The lowest BCUT2D eigenvalue weighted by Gasteiger charge is -2.36. The Morgan fingerprint density at radius 2 is 1.71 bits per heavy atom. The smallest absolute Gasteiger partial charge is 0.277 e. The van der Waals surface area contributed by atoms with Crippen molar-refractivity contribution < 1.29 is 19.4 Å². The second kappa shape index (κ2) is 8.86. The van der Waals surface area contributed by atoms with Gasteiger partial charge in [0.15, 0.2) is 0 Å². The zero-order valence-electron chi connectivity index (χ0n) is 16.9. The fourth-order valence-corrected chi connectivity index (χ4v) is 3.74. The Kier molecular flexibility index (Phi) is 6.49. The number of hydrogen-bond acceptors (Lipinski definition) is 6. The van der Waals surface area contributed by atoms with E-state index < -0.39 is 0 Å². The maximum atomic E-state index is 13.2.